The topological polar surface area (TPSA) is 28.2 Å². The molecule has 2 aromatic heterocycles. The van der Waals surface area contributed by atoms with E-state index in [-0.39, 0.29) is 0 Å². The summed E-state index contributed by atoms with van der Waals surface area (Å²) in [4.78, 5) is 8.73. The van der Waals surface area contributed by atoms with E-state index in [4.69, 9.17) is 4.98 Å². The van der Waals surface area contributed by atoms with E-state index < -0.39 is 0 Å². The Kier molecular flexibility index (Phi) is 4.56. The molecule has 0 atom stereocenters. The zero-order valence-corrected chi connectivity index (χ0v) is 13.6. The Morgan fingerprint density at radius 1 is 1.29 bits per heavy atom. The highest BCUT2D eigenvalue weighted by atomic mass is 32.1. The number of nitrogens with zero attached hydrogens (tertiary/aromatic N) is 2. The van der Waals surface area contributed by atoms with E-state index in [1.165, 1.54) is 17.7 Å². The number of pyridine rings is 1. The molecule has 0 aromatic carbocycles. The van der Waals surface area contributed by atoms with Crippen LogP contribution >= 0.6 is 11.3 Å². The second-order valence-electron chi connectivity index (χ2n) is 5.96. The lowest BCUT2D eigenvalue weighted by molar-refractivity contribution is 0.581. The van der Waals surface area contributed by atoms with Crippen molar-refractivity contribution in [3.63, 3.8) is 0 Å². The van der Waals surface area contributed by atoms with Gasteiger partial charge in [-0.25, -0.2) is 4.98 Å². The van der Waals surface area contributed by atoms with Crippen LogP contribution in [0.3, 0.4) is 0 Å². The molecule has 0 saturated heterocycles. The predicted octanol–water partition coefficient (Wildman–Crippen LogP) is 3.81. The molecule has 1 aliphatic rings. The summed E-state index contributed by atoms with van der Waals surface area (Å²) in [6.07, 6.45) is 2.59. The Morgan fingerprint density at radius 2 is 2.14 bits per heavy atom. The van der Waals surface area contributed by atoms with E-state index in [1.807, 2.05) is 11.3 Å². The molecule has 1 saturated carbocycles. The van der Waals surface area contributed by atoms with Crippen LogP contribution in [0, 0.1) is 0 Å². The van der Waals surface area contributed by atoms with Crippen molar-refractivity contribution in [1.29, 1.82) is 0 Å². The number of hydrogen-bond donors (Lipinski definition) is 1. The lowest BCUT2D eigenvalue weighted by Crippen LogP contribution is -2.27. The van der Waals surface area contributed by atoms with Gasteiger partial charge in [-0.1, -0.05) is 26.0 Å². The van der Waals surface area contributed by atoms with E-state index in [9.17, 15) is 0 Å². The van der Waals surface area contributed by atoms with E-state index in [1.54, 1.807) is 0 Å². The maximum absolute atomic E-state index is 4.85. The molecule has 112 valence electrons. The van der Waals surface area contributed by atoms with Gasteiger partial charge >= 0.3 is 0 Å². The van der Waals surface area contributed by atoms with Gasteiger partial charge in [-0.3, -0.25) is 0 Å². The highest BCUT2D eigenvalue weighted by molar-refractivity contribution is 7.09. The smallest absolute Gasteiger partial charge is 0.129 e. The first kappa shape index (κ1) is 14.5. The molecular weight excluding hydrogens is 278 g/mol. The first-order valence-electron chi connectivity index (χ1n) is 7.70. The summed E-state index contributed by atoms with van der Waals surface area (Å²) in [6, 6.07) is 11.9. The molecule has 1 fully saturated rings. The first-order chi connectivity index (χ1) is 10.2. The van der Waals surface area contributed by atoms with E-state index in [2.05, 4.69) is 59.8 Å². The normalized spacial score (nSPS) is 14.6. The number of hydrogen-bond acceptors (Lipinski definition) is 4. The van der Waals surface area contributed by atoms with Crippen molar-refractivity contribution < 1.29 is 0 Å². The molecule has 1 N–H and O–H groups in total. The molecule has 0 spiro atoms. The molecule has 3 rings (SSSR count). The summed E-state index contributed by atoms with van der Waals surface area (Å²) in [5, 5.41) is 5.59. The molecule has 0 amide bonds. The van der Waals surface area contributed by atoms with Crippen molar-refractivity contribution in [2.45, 2.75) is 51.9 Å². The average molecular weight is 301 g/mol. The van der Waals surface area contributed by atoms with Crippen LogP contribution in [0.5, 0.6) is 0 Å². The van der Waals surface area contributed by atoms with Crippen LogP contribution in [0.4, 0.5) is 5.82 Å². The molecule has 0 aliphatic heterocycles. The quantitative estimate of drug-likeness (QED) is 0.843. The third-order valence-electron chi connectivity index (χ3n) is 3.67. The molecule has 2 aromatic rings. The van der Waals surface area contributed by atoms with Crippen LogP contribution in [0.15, 0.2) is 35.7 Å². The summed E-state index contributed by atoms with van der Waals surface area (Å²) < 4.78 is 0. The fourth-order valence-electron chi connectivity index (χ4n) is 2.39. The minimum Gasteiger partial charge on any atom is -0.348 e. The van der Waals surface area contributed by atoms with Crippen LogP contribution < -0.4 is 10.2 Å². The summed E-state index contributed by atoms with van der Waals surface area (Å²) >= 11 is 1.83. The third-order valence-corrected chi connectivity index (χ3v) is 4.53. The minimum atomic E-state index is 0.487. The molecule has 0 radical (unpaired) electrons. The van der Waals surface area contributed by atoms with Gasteiger partial charge in [0.1, 0.15) is 5.82 Å². The largest absolute Gasteiger partial charge is 0.348 e. The van der Waals surface area contributed by atoms with Crippen LogP contribution in [0.2, 0.25) is 0 Å². The predicted molar refractivity (Wildman–Crippen MR) is 89.7 cm³/mol. The number of nitrogens with one attached hydrogen (secondary N) is 1. The van der Waals surface area contributed by atoms with Crippen LogP contribution in [0.25, 0.3) is 0 Å². The van der Waals surface area contributed by atoms with Gasteiger partial charge in [-0.05, 0) is 36.4 Å². The number of thiophene rings is 1. The van der Waals surface area contributed by atoms with E-state index >= 15 is 0 Å². The van der Waals surface area contributed by atoms with Crippen molar-refractivity contribution in [3.05, 3.63) is 46.3 Å². The molecule has 0 bridgehead atoms. The van der Waals surface area contributed by atoms with Gasteiger partial charge in [0.15, 0.2) is 0 Å². The van der Waals surface area contributed by atoms with Crippen molar-refractivity contribution in [1.82, 2.24) is 10.3 Å². The maximum atomic E-state index is 4.85. The Labute approximate surface area is 131 Å². The molecule has 2 heterocycles. The van der Waals surface area contributed by atoms with Gasteiger partial charge in [0, 0.05) is 23.5 Å². The fraction of sp³-hybridized carbons (Fsp3) is 0.471. The number of rotatable bonds is 7. The van der Waals surface area contributed by atoms with Crippen molar-refractivity contribution in [2.75, 3.05) is 4.90 Å². The second kappa shape index (κ2) is 6.58. The van der Waals surface area contributed by atoms with Crippen LogP contribution in [0.1, 0.15) is 37.3 Å². The van der Waals surface area contributed by atoms with Gasteiger partial charge in [0.05, 0.1) is 12.2 Å². The highest BCUT2D eigenvalue weighted by Crippen LogP contribution is 2.32. The number of anilines is 1. The van der Waals surface area contributed by atoms with Crippen LogP contribution in [-0.4, -0.2) is 17.1 Å². The maximum Gasteiger partial charge on any atom is 0.129 e. The van der Waals surface area contributed by atoms with Gasteiger partial charge in [0.2, 0.25) is 0 Å². The van der Waals surface area contributed by atoms with Crippen molar-refractivity contribution >= 4 is 17.2 Å². The zero-order chi connectivity index (χ0) is 14.7. The van der Waals surface area contributed by atoms with Gasteiger partial charge in [-0.15, -0.1) is 11.3 Å². The van der Waals surface area contributed by atoms with Gasteiger partial charge < -0.3 is 10.2 Å². The van der Waals surface area contributed by atoms with Gasteiger partial charge in [-0.2, -0.15) is 0 Å². The summed E-state index contributed by atoms with van der Waals surface area (Å²) in [6.45, 7) is 6.15. The Hall–Kier alpha value is -1.39. The Bertz CT molecular complexity index is 561. The van der Waals surface area contributed by atoms with E-state index in [0.29, 0.717) is 12.1 Å². The lowest BCUT2D eigenvalue weighted by Gasteiger charge is -2.23. The number of aromatic nitrogens is 1. The fourth-order valence-corrected chi connectivity index (χ4v) is 3.09. The zero-order valence-electron chi connectivity index (χ0n) is 12.7. The monoisotopic (exact) mass is 301 g/mol. The minimum absolute atomic E-state index is 0.487. The SMILES string of the molecule is CC(C)NCc1cccc(N(Cc2cccs2)C2CC2)n1. The summed E-state index contributed by atoms with van der Waals surface area (Å²) in [5.74, 6) is 1.12. The first-order valence-corrected chi connectivity index (χ1v) is 8.58. The van der Waals surface area contributed by atoms with E-state index in [0.717, 1.165) is 24.6 Å². The second-order valence-corrected chi connectivity index (χ2v) is 6.99. The Balaban J connectivity index is 1.74. The molecule has 3 nitrogen and oxygen atoms in total. The molecule has 21 heavy (non-hydrogen) atoms. The third kappa shape index (κ3) is 4.05. The van der Waals surface area contributed by atoms with Crippen molar-refractivity contribution in [3.8, 4) is 0 Å². The average Bonchev–Trinajstić information content (AvgIpc) is 3.19. The van der Waals surface area contributed by atoms with Crippen molar-refractivity contribution in [2.24, 2.45) is 0 Å². The Morgan fingerprint density at radius 3 is 2.81 bits per heavy atom. The standard InChI is InChI=1S/C17H23N3S/c1-13(2)18-11-14-5-3-7-17(19-14)20(15-8-9-15)12-16-6-4-10-21-16/h3-7,10,13,15,18H,8-9,11-12H2,1-2H3. The highest BCUT2D eigenvalue weighted by Gasteiger charge is 2.30. The molecule has 1 aliphatic carbocycles. The molecular formula is C17H23N3S. The molecule has 0 unspecified atom stereocenters. The molecule has 4 heteroatoms. The summed E-state index contributed by atoms with van der Waals surface area (Å²) in [5.41, 5.74) is 1.12. The van der Waals surface area contributed by atoms with Crippen LogP contribution in [-0.2, 0) is 13.1 Å². The van der Waals surface area contributed by atoms with Gasteiger partial charge in [0.25, 0.3) is 0 Å². The summed E-state index contributed by atoms with van der Waals surface area (Å²) in [7, 11) is 0. The lowest BCUT2D eigenvalue weighted by atomic mass is 10.3.